The molecule has 3 aliphatic rings. The fourth-order valence-electron chi connectivity index (χ4n) is 5.75. The number of piperidine rings is 1. The largest absolute Gasteiger partial charge is 0.361 e. The van der Waals surface area contributed by atoms with E-state index in [-0.39, 0.29) is 35.4 Å². The summed E-state index contributed by atoms with van der Waals surface area (Å²) in [5.41, 5.74) is 6.05. The maximum Gasteiger partial charge on any atom is 0.276 e. The van der Waals surface area contributed by atoms with E-state index < -0.39 is 6.04 Å². The van der Waals surface area contributed by atoms with Crippen LogP contribution in [0.3, 0.4) is 0 Å². The maximum atomic E-state index is 13.5. The smallest absolute Gasteiger partial charge is 0.276 e. The average Bonchev–Trinajstić information content (AvgIpc) is 3.65. The summed E-state index contributed by atoms with van der Waals surface area (Å²) in [7, 11) is 0. The number of carbonyl (C=O) groups excluding carboxylic acids is 3. The van der Waals surface area contributed by atoms with Crippen LogP contribution in [0.5, 0.6) is 0 Å². The van der Waals surface area contributed by atoms with Crippen LogP contribution in [0.1, 0.15) is 81.5 Å². The Morgan fingerprint density at radius 3 is 2.42 bits per heavy atom. The molecule has 4 rings (SSSR count). The Kier molecular flexibility index (Phi) is 8.70. The van der Waals surface area contributed by atoms with Gasteiger partial charge in [0.2, 0.25) is 11.8 Å². The molecule has 1 saturated heterocycles. The van der Waals surface area contributed by atoms with Crippen LogP contribution in [-0.4, -0.2) is 70.9 Å². The van der Waals surface area contributed by atoms with Gasteiger partial charge < -0.3 is 25.4 Å². The molecule has 2 heterocycles. The van der Waals surface area contributed by atoms with Crippen molar-refractivity contribution in [2.24, 2.45) is 29.4 Å². The SMILES string of the molecule is Cc1cc(C(=O)N2CCC(N(CC(C)C)C(=O)C3CC3)C[C@@H]2C(=O)NCC2CCC(CN)CC2)no1. The summed E-state index contributed by atoms with van der Waals surface area (Å²) >= 11 is 0. The van der Waals surface area contributed by atoms with E-state index in [1.807, 2.05) is 4.90 Å². The molecule has 1 aromatic heterocycles. The first-order valence-electron chi connectivity index (χ1n) is 13.8. The highest BCUT2D eigenvalue weighted by Gasteiger charge is 2.43. The molecule has 3 amide bonds. The number of hydrogen-bond donors (Lipinski definition) is 2. The third kappa shape index (κ3) is 6.47. The molecule has 3 fully saturated rings. The lowest BCUT2D eigenvalue weighted by Crippen LogP contribution is -2.59. The second kappa shape index (κ2) is 11.8. The van der Waals surface area contributed by atoms with Gasteiger partial charge in [-0.05, 0) is 82.6 Å². The van der Waals surface area contributed by atoms with E-state index in [0.29, 0.717) is 56.0 Å². The fourth-order valence-corrected chi connectivity index (χ4v) is 5.75. The highest BCUT2D eigenvalue weighted by Crippen LogP contribution is 2.34. The van der Waals surface area contributed by atoms with Gasteiger partial charge in [0, 0.05) is 37.7 Å². The number of hydrogen-bond acceptors (Lipinski definition) is 6. The lowest BCUT2D eigenvalue weighted by molar-refractivity contribution is -0.139. The molecule has 9 heteroatoms. The predicted molar refractivity (Wildman–Crippen MR) is 136 cm³/mol. The molecule has 3 N–H and O–H groups in total. The zero-order valence-electron chi connectivity index (χ0n) is 22.1. The summed E-state index contributed by atoms with van der Waals surface area (Å²) in [6.07, 6.45) is 7.33. The Balaban J connectivity index is 1.47. The van der Waals surface area contributed by atoms with Gasteiger partial charge in [0.25, 0.3) is 5.91 Å². The van der Waals surface area contributed by atoms with Gasteiger partial charge in [-0.1, -0.05) is 19.0 Å². The van der Waals surface area contributed by atoms with Gasteiger partial charge in [-0.2, -0.15) is 0 Å². The number of nitrogens with one attached hydrogen (secondary N) is 1. The summed E-state index contributed by atoms with van der Waals surface area (Å²) in [4.78, 5) is 43.7. The topological polar surface area (TPSA) is 122 Å². The first kappa shape index (κ1) is 26.6. The zero-order valence-corrected chi connectivity index (χ0v) is 22.1. The van der Waals surface area contributed by atoms with Crippen LogP contribution in [-0.2, 0) is 9.59 Å². The first-order valence-corrected chi connectivity index (χ1v) is 13.8. The van der Waals surface area contributed by atoms with E-state index >= 15 is 0 Å². The van der Waals surface area contributed by atoms with Gasteiger partial charge in [0.1, 0.15) is 11.8 Å². The van der Waals surface area contributed by atoms with Crippen LogP contribution in [0.4, 0.5) is 0 Å². The Labute approximate surface area is 214 Å². The van der Waals surface area contributed by atoms with Gasteiger partial charge in [0.05, 0.1) is 0 Å². The molecule has 9 nitrogen and oxygen atoms in total. The van der Waals surface area contributed by atoms with Crippen molar-refractivity contribution in [3.05, 3.63) is 17.5 Å². The van der Waals surface area contributed by atoms with Crippen molar-refractivity contribution in [1.82, 2.24) is 20.3 Å². The van der Waals surface area contributed by atoms with Gasteiger partial charge in [-0.25, -0.2) is 0 Å². The van der Waals surface area contributed by atoms with Crippen molar-refractivity contribution in [1.29, 1.82) is 0 Å². The quantitative estimate of drug-likeness (QED) is 0.537. The highest BCUT2D eigenvalue weighted by atomic mass is 16.5. The molecule has 0 aromatic carbocycles. The third-order valence-electron chi connectivity index (χ3n) is 8.06. The van der Waals surface area contributed by atoms with E-state index in [0.717, 1.165) is 45.1 Å². The van der Waals surface area contributed by atoms with Crippen LogP contribution in [0.25, 0.3) is 0 Å². The predicted octanol–water partition coefficient (Wildman–Crippen LogP) is 2.73. The standard InChI is InChI=1S/C27H43N5O4/c1-17(2)16-32(26(34)21-8-9-21)22-10-11-31(27(35)23-12-18(3)36-30-23)24(13-22)25(33)29-15-20-6-4-19(14-28)5-7-20/h12,17,19-22,24H,4-11,13-16,28H2,1-3H3,(H,29,33)/t19?,20?,22?,24-/m1/s1. The molecule has 1 aliphatic heterocycles. The van der Waals surface area contributed by atoms with E-state index in [1.54, 1.807) is 17.9 Å². The Hall–Kier alpha value is -2.42. The number of aromatic nitrogens is 1. The number of rotatable bonds is 9. The van der Waals surface area contributed by atoms with Crippen molar-refractivity contribution in [2.45, 2.75) is 84.2 Å². The van der Waals surface area contributed by atoms with Gasteiger partial charge in [-0.15, -0.1) is 0 Å². The molecule has 0 radical (unpaired) electrons. The van der Waals surface area contributed by atoms with Gasteiger partial charge in [-0.3, -0.25) is 14.4 Å². The molecule has 2 atom stereocenters. The van der Waals surface area contributed by atoms with Crippen LogP contribution in [0, 0.1) is 30.6 Å². The van der Waals surface area contributed by atoms with Crippen molar-refractivity contribution >= 4 is 17.7 Å². The van der Waals surface area contributed by atoms with E-state index in [4.69, 9.17) is 10.3 Å². The first-order chi connectivity index (χ1) is 17.3. The number of nitrogens with two attached hydrogens (primary N) is 1. The molecule has 0 spiro atoms. The van der Waals surface area contributed by atoms with E-state index in [2.05, 4.69) is 24.3 Å². The normalized spacial score (nSPS) is 26.6. The summed E-state index contributed by atoms with van der Waals surface area (Å²) in [5, 5.41) is 7.05. The molecule has 1 unspecified atom stereocenters. The van der Waals surface area contributed by atoms with Crippen LogP contribution >= 0.6 is 0 Å². The molecule has 0 bridgehead atoms. The number of amides is 3. The molecule has 1 aromatic rings. The number of nitrogens with zero attached hydrogens (tertiary/aromatic N) is 3. The lowest BCUT2D eigenvalue weighted by Gasteiger charge is -2.43. The van der Waals surface area contributed by atoms with Crippen LogP contribution < -0.4 is 11.1 Å². The van der Waals surface area contributed by atoms with Crippen molar-refractivity contribution < 1.29 is 18.9 Å². The summed E-state index contributed by atoms with van der Waals surface area (Å²) in [6, 6.07) is 0.913. The second-order valence-corrected chi connectivity index (χ2v) is 11.5. The van der Waals surface area contributed by atoms with Crippen molar-refractivity contribution in [3.8, 4) is 0 Å². The molecule has 2 saturated carbocycles. The number of aryl methyl sites for hydroxylation is 1. The molecular formula is C27H43N5O4. The van der Waals surface area contributed by atoms with Crippen molar-refractivity contribution in [3.63, 3.8) is 0 Å². The van der Waals surface area contributed by atoms with Crippen LogP contribution in [0.15, 0.2) is 10.6 Å². The molecule has 2 aliphatic carbocycles. The van der Waals surface area contributed by atoms with E-state index in [9.17, 15) is 14.4 Å². The maximum absolute atomic E-state index is 13.5. The zero-order chi connectivity index (χ0) is 25.8. The number of likely N-dealkylation sites (tertiary alicyclic amines) is 1. The summed E-state index contributed by atoms with van der Waals surface area (Å²) < 4.78 is 5.12. The lowest BCUT2D eigenvalue weighted by atomic mass is 9.82. The highest BCUT2D eigenvalue weighted by molar-refractivity contribution is 5.96. The fraction of sp³-hybridized carbons (Fsp3) is 0.778. The Morgan fingerprint density at radius 2 is 1.83 bits per heavy atom. The average molecular weight is 502 g/mol. The van der Waals surface area contributed by atoms with Crippen LogP contribution in [0.2, 0.25) is 0 Å². The van der Waals surface area contributed by atoms with E-state index in [1.165, 1.54) is 0 Å². The molecule has 200 valence electrons. The van der Waals surface area contributed by atoms with Gasteiger partial charge in [0.15, 0.2) is 5.69 Å². The third-order valence-corrected chi connectivity index (χ3v) is 8.06. The monoisotopic (exact) mass is 501 g/mol. The summed E-state index contributed by atoms with van der Waals surface area (Å²) in [6.45, 7) is 8.39. The number of carbonyl (C=O) groups is 3. The Morgan fingerprint density at radius 1 is 1.14 bits per heavy atom. The molecular weight excluding hydrogens is 458 g/mol. The minimum atomic E-state index is -0.643. The summed E-state index contributed by atoms with van der Waals surface area (Å²) in [5.74, 6) is 1.81. The molecule has 36 heavy (non-hydrogen) atoms. The minimum Gasteiger partial charge on any atom is -0.361 e. The minimum absolute atomic E-state index is 0.0562. The second-order valence-electron chi connectivity index (χ2n) is 11.5. The Bertz CT molecular complexity index is 919. The van der Waals surface area contributed by atoms with Crippen molar-refractivity contribution in [2.75, 3.05) is 26.2 Å². The van der Waals surface area contributed by atoms with Gasteiger partial charge >= 0.3 is 0 Å².